The van der Waals surface area contributed by atoms with Crippen molar-refractivity contribution in [1.82, 2.24) is 9.88 Å². The van der Waals surface area contributed by atoms with Crippen molar-refractivity contribution >= 4 is 51.2 Å². The van der Waals surface area contributed by atoms with Gasteiger partial charge in [0, 0.05) is 23.7 Å². The highest BCUT2D eigenvalue weighted by Gasteiger charge is 2.31. The molecule has 0 bridgehead atoms. The van der Waals surface area contributed by atoms with Gasteiger partial charge in [0.2, 0.25) is 0 Å². The predicted molar refractivity (Wildman–Crippen MR) is 118 cm³/mol. The van der Waals surface area contributed by atoms with Gasteiger partial charge in [-0.15, -0.1) is 0 Å². The van der Waals surface area contributed by atoms with Gasteiger partial charge in [0.1, 0.15) is 10.1 Å². The van der Waals surface area contributed by atoms with Gasteiger partial charge >= 0.3 is 0 Å². The van der Waals surface area contributed by atoms with Crippen LogP contribution in [0.4, 0.5) is 0 Å². The summed E-state index contributed by atoms with van der Waals surface area (Å²) in [4.78, 5) is 19.7. The van der Waals surface area contributed by atoms with Crippen LogP contribution >= 0.6 is 24.0 Å². The number of aromatic nitrogens is 1. The van der Waals surface area contributed by atoms with Crippen LogP contribution in [0.3, 0.4) is 0 Å². The molecule has 1 amide bonds. The number of rotatable bonds is 5. The number of thiocarbonyl (C=S) groups is 1. The number of thioether (sulfide) groups is 1. The molecule has 0 unspecified atom stereocenters. The maximum atomic E-state index is 12.9. The summed E-state index contributed by atoms with van der Waals surface area (Å²) < 4.78 is 5.78. The van der Waals surface area contributed by atoms with Crippen molar-refractivity contribution in [2.45, 2.75) is 6.42 Å². The van der Waals surface area contributed by atoms with Gasteiger partial charge in [0.05, 0.1) is 17.5 Å². The number of ether oxygens (including phenoxy) is 1. The first-order valence-electron chi connectivity index (χ1n) is 8.88. The lowest BCUT2D eigenvalue weighted by Crippen LogP contribution is -2.30. The summed E-state index contributed by atoms with van der Waals surface area (Å²) in [6.07, 6.45) is 4.39. The van der Waals surface area contributed by atoms with E-state index in [4.69, 9.17) is 17.0 Å². The van der Waals surface area contributed by atoms with E-state index in [9.17, 15) is 4.79 Å². The lowest BCUT2D eigenvalue weighted by atomic mass is 10.1. The quantitative estimate of drug-likeness (QED) is 0.454. The van der Waals surface area contributed by atoms with Crippen molar-refractivity contribution in [1.29, 1.82) is 0 Å². The van der Waals surface area contributed by atoms with E-state index in [1.165, 1.54) is 11.8 Å². The fourth-order valence-corrected chi connectivity index (χ4v) is 4.41. The molecule has 1 aromatic heterocycles. The van der Waals surface area contributed by atoms with Crippen molar-refractivity contribution in [3.63, 3.8) is 0 Å². The molecular weight excluding hydrogens is 388 g/mol. The summed E-state index contributed by atoms with van der Waals surface area (Å²) >= 11 is 6.80. The monoisotopic (exact) mass is 406 g/mol. The smallest absolute Gasteiger partial charge is 0.266 e. The molecule has 6 heteroatoms. The molecule has 3 aromatic rings. The van der Waals surface area contributed by atoms with Crippen molar-refractivity contribution < 1.29 is 9.53 Å². The van der Waals surface area contributed by atoms with E-state index in [0.29, 0.717) is 15.8 Å². The number of pyridine rings is 1. The van der Waals surface area contributed by atoms with Gasteiger partial charge in [-0.2, -0.15) is 0 Å². The Hall–Kier alpha value is -2.70. The number of para-hydroxylation sites is 1. The highest BCUT2D eigenvalue weighted by molar-refractivity contribution is 8.26. The first kappa shape index (κ1) is 18.7. The molecule has 1 aliphatic rings. The fourth-order valence-electron chi connectivity index (χ4n) is 3.11. The van der Waals surface area contributed by atoms with Gasteiger partial charge in [-0.05, 0) is 36.3 Å². The van der Waals surface area contributed by atoms with Gasteiger partial charge in [-0.3, -0.25) is 14.7 Å². The van der Waals surface area contributed by atoms with Crippen LogP contribution in [0.25, 0.3) is 17.0 Å². The zero-order chi connectivity index (χ0) is 19.5. The van der Waals surface area contributed by atoms with Crippen LogP contribution in [-0.4, -0.2) is 33.8 Å². The number of methoxy groups -OCH3 is 1. The number of carbonyl (C=O) groups is 1. The van der Waals surface area contributed by atoms with Crippen molar-refractivity contribution in [2.24, 2.45) is 0 Å². The van der Waals surface area contributed by atoms with Crippen LogP contribution in [0, 0.1) is 0 Å². The van der Waals surface area contributed by atoms with Crippen LogP contribution in [-0.2, 0) is 11.2 Å². The molecule has 0 aliphatic carbocycles. The molecular formula is C22H18N2O2S2. The minimum atomic E-state index is -0.0450. The molecule has 0 radical (unpaired) electrons. The molecule has 140 valence electrons. The lowest BCUT2D eigenvalue weighted by molar-refractivity contribution is -0.122. The molecule has 2 aromatic carbocycles. The number of nitrogens with zero attached hydrogens (tertiary/aromatic N) is 2. The van der Waals surface area contributed by atoms with E-state index >= 15 is 0 Å². The minimum absolute atomic E-state index is 0.0450. The number of hydrogen-bond acceptors (Lipinski definition) is 5. The summed E-state index contributed by atoms with van der Waals surface area (Å²) in [7, 11) is 1.65. The van der Waals surface area contributed by atoms with Crippen LogP contribution < -0.4 is 4.74 Å². The van der Waals surface area contributed by atoms with Crippen molar-refractivity contribution in [3.05, 3.63) is 76.8 Å². The number of fused-ring (bicyclic) bond motifs is 1. The normalized spacial score (nSPS) is 15.6. The summed E-state index contributed by atoms with van der Waals surface area (Å²) in [5.41, 5.74) is 2.94. The second-order valence-electron chi connectivity index (χ2n) is 6.35. The van der Waals surface area contributed by atoms with Crippen LogP contribution in [0.15, 0.2) is 65.7 Å². The summed E-state index contributed by atoms with van der Waals surface area (Å²) in [5, 5.41) is 1.05. The highest BCUT2D eigenvalue weighted by Crippen LogP contribution is 2.33. The Labute approximate surface area is 173 Å². The fraction of sp³-hybridized carbons (Fsp3) is 0.136. The number of amides is 1. The predicted octanol–water partition coefficient (Wildman–Crippen LogP) is 4.69. The second kappa shape index (κ2) is 8.12. The Kier molecular flexibility index (Phi) is 5.41. The minimum Gasteiger partial charge on any atom is -0.497 e. The molecule has 2 heterocycles. The van der Waals surface area contributed by atoms with Crippen LogP contribution in [0.5, 0.6) is 5.75 Å². The van der Waals surface area contributed by atoms with E-state index in [2.05, 4.69) is 4.98 Å². The Balaban J connectivity index is 1.52. The molecule has 28 heavy (non-hydrogen) atoms. The molecule has 0 saturated carbocycles. The van der Waals surface area contributed by atoms with Gasteiger partial charge < -0.3 is 4.74 Å². The SMILES string of the molecule is COc1ccc(CCN2C(=O)/C(=C/c3cccc4cccnc34)SC2=S)cc1. The molecule has 4 rings (SSSR count). The standard InChI is InChI=1S/C22H18N2O2S2/c1-26-18-9-7-15(8-10-18)11-13-24-21(25)19(28-22(24)27)14-17-5-2-4-16-6-3-12-23-20(16)17/h2-10,12,14H,11,13H2,1H3/b19-14-. The first-order chi connectivity index (χ1) is 13.7. The molecule has 0 N–H and O–H groups in total. The van der Waals surface area contributed by atoms with E-state index in [1.807, 2.05) is 60.7 Å². The Bertz CT molecular complexity index is 1070. The van der Waals surface area contributed by atoms with Gasteiger partial charge in [-0.25, -0.2) is 0 Å². The summed E-state index contributed by atoms with van der Waals surface area (Å²) in [6, 6.07) is 17.7. The average molecular weight is 407 g/mol. The molecule has 1 fully saturated rings. The molecule has 4 nitrogen and oxygen atoms in total. The van der Waals surface area contributed by atoms with Gasteiger partial charge in [0.15, 0.2) is 0 Å². The molecule has 1 saturated heterocycles. The van der Waals surface area contributed by atoms with Gasteiger partial charge in [0.25, 0.3) is 5.91 Å². The Morgan fingerprint density at radius 3 is 2.71 bits per heavy atom. The lowest BCUT2D eigenvalue weighted by Gasteiger charge is -2.14. The largest absolute Gasteiger partial charge is 0.497 e. The molecule has 1 aliphatic heterocycles. The van der Waals surface area contributed by atoms with Gasteiger partial charge in [-0.1, -0.05) is 60.4 Å². The van der Waals surface area contributed by atoms with E-state index < -0.39 is 0 Å². The maximum Gasteiger partial charge on any atom is 0.266 e. The van der Waals surface area contributed by atoms with E-state index in [1.54, 1.807) is 18.2 Å². The maximum absolute atomic E-state index is 12.9. The van der Waals surface area contributed by atoms with E-state index in [0.717, 1.165) is 34.2 Å². The first-order valence-corrected chi connectivity index (χ1v) is 10.1. The zero-order valence-corrected chi connectivity index (χ0v) is 16.9. The second-order valence-corrected chi connectivity index (χ2v) is 8.03. The summed E-state index contributed by atoms with van der Waals surface area (Å²) in [5.74, 6) is 0.775. The molecule has 0 spiro atoms. The Morgan fingerprint density at radius 1 is 1.14 bits per heavy atom. The third-order valence-corrected chi connectivity index (χ3v) is 5.99. The molecule has 0 atom stereocenters. The number of carbonyl (C=O) groups excluding carboxylic acids is 1. The average Bonchev–Trinajstić information content (AvgIpc) is 3.00. The van der Waals surface area contributed by atoms with Crippen molar-refractivity contribution in [3.8, 4) is 5.75 Å². The zero-order valence-electron chi connectivity index (χ0n) is 15.3. The van der Waals surface area contributed by atoms with Crippen molar-refractivity contribution in [2.75, 3.05) is 13.7 Å². The van der Waals surface area contributed by atoms with E-state index in [-0.39, 0.29) is 5.91 Å². The summed E-state index contributed by atoms with van der Waals surface area (Å²) in [6.45, 7) is 0.558. The van der Waals surface area contributed by atoms with Crippen LogP contribution in [0.1, 0.15) is 11.1 Å². The third kappa shape index (κ3) is 3.79. The highest BCUT2D eigenvalue weighted by atomic mass is 32.2. The number of benzene rings is 2. The topological polar surface area (TPSA) is 42.4 Å². The van der Waals surface area contributed by atoms with Crippen LogP contribution in [0.2, 0.25) is 0 Å². The number of hydrogen-bond donors (Lipinski definition) is 0. The third-order valence-electron chi connectivity index (χ3n) is 4.61. The Morgan fingerprint density at radius 2 is 1.93 bits per heavy atom.